The van der Waals surface area contributed by atoms with E-state index in [1.165, 1.54) is 0 Å². The van der Waals surface area contributed by atoms with Crippen molar-refractivity contribution >= 4 is 33.5 Å². The molecular formula is C11H11BrClN3. The average Bonchev–Trinajstić information content (AvgIpc) is 2.56. The largest absolute Gasteiger partial charge is 0.369 e. The fraction of sp³-hybridized carbons (Fsp3) is 0.182. The smallest absolute Gasteiger partial charge is 0.198 e. The maximum atomic E-state index is 6.07. The summed E-state index contributed by atoms with van der Waals surface area (Å²) in [7, 11) is 0. The van der Waals surface area contributed by atoms with E-state index in [9.17, 15) is 0 Å². The van der Waals surface area contributed by atoms with Gasteiger partial charge in [-0.3, -0.25) is 0 Å². The highest BCUT2D eigenvalue weighted by Crippen LogP contribution is 2.20. The Kier molecular flexibility index (Phi) is 3.51. The summed E-state index contributed by atoms with van der Waals surface area (Å²) in [4.78, 5) is 7.06. The minimum absolute atomic E-state index is 0.432. The molecule has 0 spiro atoms. The summed E-state index contributed by atoms with van der Waals surface area (Å²) in [6.07, 6.45) is 1.69. The van der Waals surface area contributed by atoms with Crippen molar-refractivity contribution in [3.05, 3.63) is 45.1 Å². The van der Waals surface area contributed by atoms with Crippen molar-refractivity contribution in [1.29, 1.82) is 0 Å². The molecule has 0 amide bonds. The number of aryl methyl sites for hydroxylation is 2. The molecule has 0 aliphatic rings. The van der Waals surface area contributed by atoms with Crippen molar-refractivity contribution in [3.63, 3.8) is 0 Å². The average molecular weight is 301 g/mol. The Morgan fingerprint density at radius 1 is 1.31 bits per heavy atom. The topological polar surface area (TPSA) is 54.7 Å². The summed E-state index contributed by atoms with van der Waals surface area (Å²) in [5.74, 6) is 0.432. The summed E-state index contributed by atoms with van der Waals surface area (Å²) in [5.41, 5.74) is 7.68. The van der Waals surface area contributed by atoms with Gasteiger partial charge in [-0.25, -0.2) is 4.98 Å². The number of nitrogens with one attached hydrogen (secondary N) is 1. The van der Waals surface area contributed by atoms with E-state index in [0.717, 1.165) is 33.7 Å². The third-order valence-electron chi connectivity index (χ3n) is 2.35. The monoisotopic (exact) mass is 299 g/mol. The summed E-state index contributed by atoms with van der Waals surface area (Å²) in [6.45, 7) is 0. The molecule has 0 saturated heterocycles. The first kappa shape index (κ1) is 11.5. The number of H-pyrrole nitrogens is 1. The van der Waals surface area contributed by atoms with E-state index in [2.05, 4.69) is 25.9 Å². The molecule has 0 atom stereocenters. The van der Waals surface area contributed by atoms with Crippen LogP contribution in [0.3, 0.4) is 0 Å². The van der Waals surface area contributed by atoms with Gasteiger partial charge in [0.25, 0.3) is 0 Å². The van der Waals surface area contributed by atoms with Crippen molar-refractivity contribution in [2.75, 3.05) is 5.73 Å². The van der Waals surface area contributed by atoms with Crippen LogP contribution in [-0.2, 0) is 12.8 Å². The van der Waals surface area contributed by atoms with Crippen LogP contribution >= 0.6 is 27.5 Å². The highest BCUT2D eigenvalue weighted by molar-refractivity contribution is 9.10. The minimum atomic E-state index is 0.432. The Morgan fingerprint density at radius 3 is 2.69 bits per heavy atom. The third kappa shape index (κ3) is 2.57. The molecule has 0 fully saturated rings. The summed E-state index contributed by atoms with van der Waals surface area (Å²) < 4.78 is 0.775. The van der Waals surface area contributed by atoms with Crippen LogP contribution in [0, 0.1) is 0 Å². The van der Waals surface area contributed by atoms with E-state index < -0.39 is 0 Å². The molecule has 1 heterocycles. The van der Waals surface area contributed by atoms with Gasteiger partial charge in [-0.1, -0.05) is 29.8 Å². The van der Waals surface area contributed by atoms with Crippen LogP contribution < -0.4 is 5.73 Å². The Balaban J connectivity index is 2.08. The normalized spacial score (nSPS) is 10.6. The van der Waals surface area contributed by atoms with Crippen LogP contribution in [0.4, 0.5) is 5.95 Å². The van der Waals surface area contributed by atoms with Crippen LogP contribution in [0.15, 0.2) is 28.9 Å². The fourth-order valence-corrected chi connectivity index (χ4v) is 2.25. The first-order valence-electron chi connectivity index (χ1n) is 4.90. The molecule has 16 heavy (non-hydrogen) atoms. The molecule has 2 aromatic rings. The van der Waals surface area contributed by atoms with E-state index >= 15 is 0 Å². The Bertz CT molecular complexity index is 496. The van der Waals surface area contributed by atoms with Gasteiger partial charge in [0.05, 0.1) is 5.69 Å². The summed E-state index contributed by atoms with van der Waals surface area (Å²) in [5, 5.41) is 0.797. The SMILES string of the molecule is Nc1nc(Br)c(CCc2ccccc2Cl)[nH]1. The highest BCUT2D eigenvalue weighted by atomic mass is 79.9. The zero-order valence-corrected chi connectivity index (χ0v) is 10.8. The second-order valence-electron chi connectivity index (χ2n) is 3.48. The number of hydrogen-bond donors (Lipinski definition) is 2. The number of anilines is 1. The molecule has 2 rings (SSSR count). The van der Waals surface area contributed by atoms with E-state index in [1.54, 1.807) is 0 Å². The van der Waals surface area contributed by atoms with Crippen molar-refractivity contribution in [2.45, 2.75) is 12.8 Å². The Morgan fingerprint density at radius 2 is 2.06 bits per heavy atom. The van der Waals surface area contributed by atoms with Crippen LogP contribution in [0.5, 0.6) is 0 Å². The van der Waals surface area contributed by atoms with Gasteiger partial charge in [-0.2, -0.15) is 0 Å². The molecule has 5 heteroatoms. The molecule has 0 radical (unpaired) electrons. The molecule has 0 aliphatic carbocycles. The van der Waals surface area contributed by atoms with Gasteiger partial charge in [0.1, 0.15) is 4.60 Å². The van der Waals surface area contributed by atoms with Gasteiger partial charge in [-0.05, 0) is 40.4 Å². The molecule has 1 aromatic carbocycles. The maximum absolute atomic E-state index is 6.07. The Labute approximate surface area is 107 Å². The minimum Gasteiger partial charge on any atom is -0.369 e. The lowest BCUT2D eigenvalue weighted by molar-refractivity contribution is 0.920. The van der Waals surface area contributed by atoms with E-state index in [1.807, 2.05) is 24.3 Å². The first-order chi connectivity index (χ1) is 7.66. The zero-order valence-electron chi connectivity index (χ0n) is 8.50. The number of halogens is 2. The molecule has 0 bridgehead atoms. The van der Waals surface area contributed by atoms with E-state index in [4.69, 9.17) is 17.3 Å². The molecule has 3 nitrogen and oxygen atoms in total. The summed E-state index contributed by atoms with van der Waals surface area (Å²) in [6, 6.07) is 7.83. The maximum Gasteiger partial charge on any atom is 0.198 e. The standard InChI is InChI=1S/C11H11BrClN3/c12-10-9(15-11(14)16-10)6-5-7-3-1-2-4-8(7)13/h1-4H,5-6H2,(H3,14,15,16). The molecule has 0 saturated carbocycles. The number of nitrogens with two attached hydrogens (primary N) is 1. The number of benzene rings is 1. The number of aromatic amines is 1. The zero-order chi connectivity index (χ0) is 11.5. The summed E-state index contributed by atoms with van der Waals surface area (Å²) >= 11 is 9.43. The second-order valence-corrected chi connectivity index (χ2v) is 4.64. The second kappa shape index (κ2) is 4.89. The number of nitrogens with zero attached hydrogens (tertiary/aromatic N) is 1. The van der Waals surface area contributed by atoms with Crippen LogP contribution in [0.1, 0.15) is 11.3 Å². The number of nitrogen functional groups attached to an aromatic ring is 1. The lowest BCUT2D eigenvalue weighted by Gasteiger charge is -2.02. The van der Waals surface area contributed by atoms with Crippen LogP contribution in [0.25, 0.3) is 0 Å². The predicted octanol–water partition coefficient (Wildman–Crippen LogP) is 3.19. The molecule has 1 aromatic heterocycles. The quantitative estimate of drug-likeness (QED) is 0.914. The Hall–Kier alpha value is -1.00. The van der Waals surface area contributed by atoms with Crippen molar-refractivity contribution in [2.24, 2.45) is 0 Å². The molecule has 3 N–H and O–H groups in total. The van der Waals surface area contributed by atoms with Crippen molar-refractivity contribution < 1.29 is 0 Å². The molecule has 0 aliphatic heterocycles. The van der Waals surface area contributed by atoms with Gasteiger partial charge >= 0.3 is 0 Å². The van der Waals surface area contributed by atoms with Gasteiger partial charge < -0.3 is 10.7 Å². The van der Waals surface area contributed by atoms with Gasteiger partial charge in [0, 0.05) is 5.02 Å². The van der Waals surface area contributed by atoms with Crippen molar-refractivity contribution in [1.82, 2.24) is 9.97 Å². The number of aromatic nitrogens is 2. The lowest BCUT2D eigenvalue weighted by Crippen LogP contribution is -1.94. The van der Waals surface area contributed by atoms with Crippen molar-refractivity contribution in [3.8, 4) is 0 Å². The van der Waals surface area contributed by atoms with Gasteiger partial charge in [0.15, 0.2) is 5.95 Å². The first-order valence-corrected chi connectivity index (χ1v) is 6.07. The van der Waals surface area contributed by atoms with E-state index in [-0.39, 0.29) is 0 Å². The fourth-order valence-electron chi connectivity index (χ4n) is 1.53. The number of imidazole rings is 1. The molecule has 0 unspecified atom stereocenters. The van der Waals surface area contributed by atoms with Crippen LogP contribution in [0.2, 0.25) is 5.02 Å². The molecule has 84 valence electrons. The van der Waals surface area contributed by atoms with Gasteiger partial charge in [-0.15, -0.1) is 0 Å². The van der Waals surface area contributed by atoms with Gasteiger partial charge in [0.2, 0.25) is 0 Å². The number of hydrogen-bond acceptors (Lipinski definition) is 2. The third-order valence-corrected chi connectivity index (χ3v) is 3.37. The van der Waals surface area contributed by atoms with Crippen LogP contribution in [-0.4, -0.2) is 9.97 Å². The van der Waals surface area contributed by atoms with E-state index in [0.29, 0.717) is 5.95 Å². The number of rotatable bonds is 3. The highest BCUT2D eigenvalue weighted by Gasteiger charge is 2.06. The predicted molar refractivity (Wildman–Crippen MR) is 69.6 cm³/mol. The molecular weight excluding hydrogens is 289 g/mol. The lowest BCUT2D eigenvalue weighted by atomic mass is 10.1.